The Balaban J connectivity index is 2.01. The fraction of sp³-hybridized carbons (Fsp3) is 0.500. The molecule has 1 aliphatic rings. The topological polar surface area (TPSA) is 59.0 Å². The first-order valence-corrected chi connectivity index (χ1v) is 6.34. The van der Waals surface area contributed by atoms with Gasteiger partial charge in [-0.05, 0) is 24.1 Å². The van der Waals surface area contributed by atoms with Crippen LogP contribution in [0.25, 0.3) is 0 Å². The van der Waals surface area contributed by atoms with Gasteiger partial charge in [-0.15, -0.1) is 0 Å². The fourth-order valence-corrected chi connectivity index (χ4v) is 2.28. The van der Waals surface area contributed by atoms with Crippen LogP contribution in [0.1, 0.15) is 18.4 Å². The van der Waals surface area contributed by atoms with E-state index in [4.69, 9.17) is 9.47 Å². The lowest BCUT2D eigenvalue weighted by molar-refractivity contribution is -0.133. The molecule has 1 atom stereocenters. The monoisotopic (exact) mass is 265 g/mol. The van der Waals surface area contributed by atoms with Gasteiger partial charge in [-0.3, -0.25) is 4.79 Å². The molecule has 1 fully saturated rings. The minimum absolute atomic E-state index is 0.0213. The maximum Gasteiger partial charge on any atom is 0.224 e. The normalized spacial score (nSPS) is 18.8. The number of methoxy groups -OCH3 is 2. The van der Waals surface area contributed by atoms with Gasteiger partial charge in [-0.25, -0.2) is 0 Å². The van der Waals surface area contributed by atoms with Crippen molar-refractivity contribution in [2.75, 3.05) is 20.8 Å². The molecule has 1 saturated heterocycles. The molecule has 1 N–H and O–H groups in total. The van der Waals surface area contributed by atoms with Crippen molar-refractivity contribution in [2.24, 2.45) is 0 Å². The summed E-state index contributed by atoms with van der Waals surface area (Å²) in [5, 5.41) is 9.68. The number of aliphatic hydroxyl groups excluding tert-OH is 1. The lowest BCUT2D eigenvalue weighted by Gasteiger charge is -2.20. The van der Waals surface area contributed by atoms with Crippen LogP contribution in [-0.2, 0) is 11.2 Å². The highest BCUT2D eigenvalue weighted by Crippen LogP contribution is 2.28. The van der Waals surface area contributed by atoms with Crippen molar-refractivity contribution in [2.45, 2.75) is 25.5 Å². The van der Waals surface area contributed by atoms with Gasteiger partial charge in [0.2, 0.25) is 5.91 Å². The largest absolute Gasteiger partial charge is 0.493 e. The minimum Gasteiger partial charge on any atom is -0.493 e. The van der Waals surface area contributed by atoms with Crippen LogP contribution in [0, 0.1) is 0 Å². The highest BCUT2D eigenvalue weighted by molar-refractivity contribution is 5.78. The van der Waals surface area contributed by atoms with Crippen molar-refractivity contribution in [1.82, 2.24) is 4.90 Å². The Labute approximate surface area is 112 Å². The average molecular weight is 265 g/mol. The fourth-order valence-electron chi connectivity index (χ4n) is 2.28. The van der Waals surface area contributed by atoms with E-state index in [1.54, 1.807) is 14.2 Å². The lowest BCUT2D eigenvalue weighted by atomic mass is 10.1. The van der Waals surface area contributed by atoms with Crippen molar-refractivity contribution < 1.29 is 19.4 Å². The summed E-state index contributed by atoms with van der Waals surface area (Å²) in [5.74, 6) is 1.38. The molecule has 0 radical (unpaired) electrons. The molecule has 0 saturated carbocycles. The van der Waals surface area contributed by atoms with Crippen LogP contribution in [0.5, 0.6) is 11.5 Å². The molecular formula is C14H19NO4. The number of likely N-dealkylation sites (tertiary alicyclic amines) is 1. The Morgan fingerprint density at radius 3 is 2.63 bits per heavy atom. The van der Waals surface area contributed by atoms with E-state index in [0.717, 1.165) is 5.56 Å². The van der Waals surface area contributed by atoms with Gasteiger partial charge in [0, 0.05) is 19.4 Å². The van der Waals surface area contributed by atoms with Crippen molar-refractivity contribution in [1.29, 1.82) is 0 Å². The highest BCUT2D eigenvalue weighted by atomic mass is 16.5. The van der Waals surface area contributed by atoms with E-state index in [9.17, 15) is 9.90 Å². The molecule has 1 amide bonds. The maximum absolute atomic E-state index is 11.6. The molecule has 0 unspecified atom stereocenters. The molecule has 2 rings (SSSR count). The van der Waals surface area contributed by atoms with Gasteiger partial charge in [0.1, 0.15) is 6.23 Å². The third kappa shape index (κ3) is 2.98. The molecule has 1 heterocycles. The van der Waals surface area contributed by atoms with Crippen molar-refractivity contribution in [3.63, 3.8) is 0 Å². The van der Waals surface area contributed by atoms with E-state index >= 15 is 0 Å². The zero-order valence-corrected chi connectivity index (χ0v) is 11.3. The van der Waals surface area contributed by atoms with E-state index in [2.05, 4.69) is 0 Å². The first-order valence-electron chi connectivity index (χ1n) is 6.34. The predicted molar refractivity (Wildman–Crippen MR) is 70.2 cm³/mol. The van der Waals surface area contributed by atoms with Gasteiger partial charge in [0.15, 0.2) is 11.5 Å². The van der Waals surface area contributed by atoms with Gasteiger partial charge in [-0.2, -0.15) is 0 Å². The lowest BCUT2D eigenvalue weighted by Crippen LogP contribution is -2.34. The second-order valence-electron chi connectivity index (χ2n) is 4.55. The van der Waals surface area contributed by atoms with E-state index in [-0.39, 0.29) is 5.91 Å². The van der Waals surface area contributed by atoms with Crippen LogP contribution in [0.3, 0.4) is 0 Å². The molecular weight excluding hydrogens is 246 g/mol. The molecule has 0 aromatic heterocycles. The Kier molecular flexibility index (Phi) is 4.27. The summed E-state index contributed by atoms with van der Waals surface area (Å²) in [4.78, 5) is 13.1. The molecule has 5 heteroatoms. The van der Waals surface area contributed by atoms with E-state index < -0.39 is 6.23 Å². The van der Waals surface area contributed by atoms with Crippen LogP contribution in [-0.4, -0.2) is 42.9 Å². The number of ether oxygens (including phenoxy) is 2. The summed E-state index contributed by atoms with van der Waals surface area (Å²) < 4.78 is 10.4. The van der Waals surface area contributed by atoms with Crippen LogP contribution in [0.4, 0.5) is 0 Å². The number of aliphatic hydroxyl groups is 1. The molecule has 0 bridgehead atoms. The third-order valence-corrected chi connectivity index (χ3v) is 3.39. The number of hydrogen-bond donors (Lipinski definition) is 1. The zero-order chi connectivity index (χ0) is 13.8. The first kappa shape index (κ1) is 13.7. The van der Waals surface area contributed by atoms with Gasteiger partial charge in [0.25, 0.3) is 0 Å². The van der Waals surface area contributed by atoms with Crippen LogP contribution in [0.2, 0.25) is 0 Å². The van der Waals surface area contributed by atoms with Crippen LogP contribution < -0.4 is 9.47 Å². The zero-order valence-electron chi connectivity index (χ0n) is 11.3. The molecule has 1 aromatic rings. The summed E-state index contributed by atoms with van der Waals surface area (Å²) in [5.41, 5.74) is 1.05. The van der Waals surface area contributed by atoms with Crippen molar-refractivity contribution >= 4 is 5.91 Å². The summed E-state index contributed by atoms with van der Waals surface area (Å²) in [6.45, 7) is 0.523. The van der Waals surface area contributed by atoms with Crippen molar-refractivity contribution in [3.05, 3.63) is 23.8 Å². The van der Waals surface area contributed by atoms with Gasteiger partial charge < -0.3 is 19.5 Å². The van der Waals surface area contributed by atoms with Crippen LogP contribution >= 0.6 is 0 Å². The number of rotatable bonds is 5. The maximum atomic E-state index is 11.6. The molecule has 19 heavy (non-hydrogen) atoms. The first-order chi connectivity index (χ1) is 9.15. The third-order valence-electron chi connectivity index (χ3n) is 3.39. The predicted octanol–water partition coefficient (Wildman–Crippen LogP) is 1.19. The molecule has 104 valence electrons. The molecule has 1 aliphatic heterocycles. The van der Waals surface area contributed by atoms with Gasteiger partial charge >= 0.3 is 0 Å². The summed E-state index contributed by atoms with van der Waals surface area (Å²) in [7, 11) is 3.19. The number of carbonyl (C=O) groups excluding carboxylic acids is 1. The van der Waals surface area contributed by atoms with Crippen molar-refractivity contribution in [3.8, 4) is 11.5 Å². The summed E-state index contributed by atoms with van der Waals surface area (Å²) >= 11 is 0. The smallest absolute Gasteiger partial charge is 0.224 e. The number of benzene rings is 1. The molecule has 0 spiro atoms. The second kappa shape index (κ2) is 5.93. The quantitative estimate of drug-likeness (QED) is 0.868. The summed E-state index contributed by atoms with van der Waals surface area (Å²) in [6, 6.07) is 5.68. The molecule has 0 aliphatic carbocycles. The SMILES string of the molecule is COc1ccc(CCN2C(=O)CC[C@@H]2O)cc1OC. The van der Waals surface area contributed by atoms with Gasteiger partial charge in [0.05, 0.1) is 14.2 Å². The van der Waals surface area contributed by atoms with E-state index in [0.29, 0.717) is 37.3 Å². The van der Waals surface area contributed by atoms with E-state index in [1.165, 1.54) is 4.90 Å². The average Bonchev–Trinajstić information content (AvgIpc) is 2.75. The molecule has 5 nitrogen and oxygen atoms in total. The second-order valence-corrected chi connectivity index (χ2v) is 4.55. The van der Waals surface area contributed by atoms with Crippen LogP contribution in [0.15, 0.2) is 18.2 Å². The minimum atomic E-state index is -0.632. The Bertz CT molecular complexity index is 461. The molecule has 1 aromatic carbocycles. The summed E-state index contributed by atoms with van der Waals surface area (Å²) in [6.07, 6.45) is 1.02. The number of carbonyl (C=O) groups is 1. The Hall–Kier alpha value is -1.75. The number of nitrogens with zero attached hydrogens (tertiary/aromatic N) is 1. The highest BCUT2D eigenvalue weighted by Gasteiger charge is 2.28. The Morgan fingerprint density at radius 2 is 2.05 bits per heavy atom. The number of hydrogen-bond acceptors (Lipinski definition) is 4. The Morgan fingerprint density at radius 1 is 1.32 bits per heavy atom. The van der Waals surface area contributed by atoms with E-state index in [1.807, 2.05) is 18.2 Å². The number of amides is 1. The van der Waals surface area contributed by atoms with Gasteiger partial charge in [-0.1, -0.05) is 6.07 Å². The standard InChI is InChI=1S/C14H19NO4/c1-18-11-4-3-10(9-12(11)19-2)7-8-15-13(16)5-6-14(15)17/h3-4,9,13,16H,5-8H2,1-2H3/t13-/m0/s1.